The molecule has 3 N–H and O–H groups in total. The van der Waals surface area contributed by atoms with E-state index in [1.165, 1.54) is 0 Å². The number of benzene rings is 1. The number of fused-ring (bicyclic) bond motifs is 1. The maximum atomic E-state index is 11.5. The van der Waals surface area contributed by atoms with Gasteiger partial charge in [-0.2, -0.15) is 0 Å². The van der Waals surface area contributed by atoms with Crippen LogP contribution in [0.5, 0.6) is 5.75 Å². The molecule has 0 radical (unpaired) electrons. The fraction of sp³-hybridized carbons (Fsp3) is 0.438. The number of aromatic nitrogens is 1. The van der Waals surface area contributed by atoms with Gasteiger partial charge in [0.15, 0.2) is 0 Å². The maximum absolute atomic E-state index is 11.5. The average molecular weight is 290 g/mol. The quantitative estimate of drug-likeness (QED) is 0.664. The number of hydrogen-bond donors (Lipinski definition) is 2. The Morgan fingerprint density at radius 3 is 3.33 bits per heavy atom. The molecule has 0 spiro atoms. The normalized spacial score (nSPS) is 22.0. The number of aromatic amines is 1. The Hall–Kier alpha value is -1.85. The first-order chi connectivity index (χ1) is 11.4. The van der Waals surface area contributed by atoms with Gasteiger partial charge in [-0.15, -0.1) is 0 Å². The SMILES string of the molecule is [2H]C([2H])([2H])N1CCC[C@@H]1Cc1c[nH]c2cccc(OC(=O)CN)c12. The summed E-state index contributed by atoms with van der Waals surface area (Å²) in [5, 5.41) is 0.816. The van der Waals surface area contributed by atoms with Gasteiger partial charge in [0, 0.05) is 27.3 Å². The minimum atomic E-state index is -2.08. The fourth-order valence-electron chi connectivity index (χ4n) is 2.93. The van der Waals surface area contributed by atoms with E-state index in [1.807, 2.05) is 12.3 Å². The highest BCUT2D eigenvalue weighted by molar-refractivity contribution is 5.91. The Kier molecular flexibility index (Phi) is 3.02. The maximum Gasteiger partial charge on any atom is 0.325 e. The van der Waals surface area contributed by atoms with Crippen LogP contribution in [-0.4, -0.2) is 42.0 Å². The third-order valence-corrected chi connectivity index (χ3v) is 3.97. The van der Waals surface area contributed by atoms with Gasteiger partial charge in [0.25, 0.3) is 0 Å². The number of likely N-dealkylation sites (tertiary alicyclic amines) is 1. The van der Waals surface area contributed by atoms with Crippen molar-refractivity contribution in [3.05, 3.63) is 30.0 Å². The average Bonchev–Trinajstić information content (AvgIpc) is 3.15. The molecule has 2 aromatic rings. The molecule has 5 nitrogen and oxygen atoms in total. The van der Waals surface area contributed by atoms with E-state index < -0.39 is 12.9 Å². The highest BCUT2D eigenvalue weighted by Crippen LogP contribution is 2.31. The van der Waals surface area contributed by atoms with Gasteiger partial charge >= 0.3 is 5.97 Å². The molecule has 112 valence electrons. The third kappa shape index (κ3) is 2.80. The van der Waals surface area contributed by atoms with Gasteiger partial charge in [-0.05, 0) is 50.5 Å². The molecule has 1 fully saturated rings. The number of nitrogens with two attached hydrogens (primary N) is 1. The zero-order chi connectivity index (χ0) is 17.3. The van der Waals surface area contributed by atoms with Crippen LogP contribution in [0.25, 0.3) is 10.9 Å². The minimum Gasteiger partial charge on any atom is -0.425 e. The molecule has 1 atom stereocenters. The van der Waals surface area contributed by atoms with Crippen molar-refractivity contribution in [2.24, 2.45) is 5.73 Å². The summed E-state index contributed by atoms with van der Waals surface area (Å²) < 4.78 is 28.4. The number of ether oxygens (including phenoxy) is 1. The fourth-order valence-corrected chi connectivity index (χ4v) is 2.93. The summed E-state index contributed by atoms with van der Waals surface area (Å²) in [6, 6.07) is 5.37. The molecule has 2 heterocycles. The van der Waals surface area contributed by atoms with E-state index in [9.17, 15) is 4.79 Å². The first-order valence-electron chi connectivity index (χ1n) is 8.66. The Bertz CT molecular complexity index is 742. The minimum absolute atomic E-state index is 0.0465. The number of rotatable bonds is 4. The van der Waals surface area contributed by atoms with E-state index in [0.717, 1.165) is 29.3 Å². The van der Waals surface area contributed by atoms with Crippen molar-refractivity contribution < 1.29 is 13.6 Å². The molecule has 5 heteroatoms. The molecular formula is C16H21N3O2. The van der Waals surface area contributed by atoms with Crippen LogP contribution in [-0.2, 0) is 11.2 Å². The number of nitrogens with one attached hydrogen (secondary N) is 1. The highest BCUT2D eigenvalue weighted by Gasteiger charge is 2.23. The van der Waals surface area contributed by atoms with E-state index in [4.69, 9.17) is 14.6 Å². The molecule has 3 rings (SSSR count). The summed E-state index contributed by atoms with van der Waals surface area (Å²) in [6.07, 6.45) is 4.17. The summed E-state index contributed by atoms with van der Waals surface area (Å²) in [5.41, 5.74) is 7.13. The molecule has 0 aliphatic carbocycles. The molecule has 0 bridgehead atoms. The van der Waals surface area contributed by atoms with Crippen molar-refractivity contribution in [3.8, 4) is 5.75 Å². The number of H-pyrrole nitrogens is 1. The first kappa shape index (κ1) is 10.8. The largest absolute Gasteiger partial charge is 0.425 e. The molecule has 1 aromatic heterocycles. The standard InChI is InChI=1S/C16H21N3O2/c1-19-7-3-4-12(19)8-11-10-18-13-5-2-6-14(16(11)13)21-15(20)9-17/h2,5-6,10,12,18H,3-4,7-9,17H2,1H3/t12-/m1/s1/i1D3. The van der Waals surface area contributed by atoms with E-state index in [2.05, 4.69) is 4.98 Å². The van der Waals surface area contributed by atoms with E-state index in [-0.39, 0.29) is 12.6 Å². The zero-order valence-corrected chi connectivity index (χ0v) is 11.8. The molecule has 1 aromatic carbocycles. The Morgan fingerprint density at radius 1 is 1.62 bits per heavy atom. The van der Waals surface area contributed by atoms with Gasteiger partial charge in [0.1, 0.15) is 5.75 Å². The van der Waals surface area contributed by atoms with E-state index >= 15 is 0 Å². The Morgan fingerprint density at radius 2 is 2.52 bits per heavy atom. The molecule has 1 aliphatic heterocycles. The lowest BCUT2D eigenvalue weighted by molar-refractivity contribution is -0.132. The monoisotopic (exact) mass is 290 g/mol. The van der Waals surface area contributed by atoms with Crippen molar-refractivity contribution in [3.63, 3.8) is 0 Å². The lowest BCUT2D eigenvalue weighted by Gasteiger charge is -2.19. The topological polar surface area (TPSA) is 71.3 Å². The van der Waals surface area contributed by atoms with Gasteiger partial charge in [-0.25, -0.2) is 0 Å². The molecule has 0 amide bonds. The summed E-state index contributed by atoms with van der Waals surface area (Å²) >= 11 is 0. The summed E-state index contributed by atoms with van der Waals surface area (Å²) in [4.78, 5) is 16.3. The smallest absolute Gasteiger partial charge is 0.325 e. The van der Waals surface area contributed by atoms with Gasteiger partial charge in [-0.3, -0.25) is 4.79 Å². The van der Waals surface area contributed by atoms with Gasteiger partial charge in [0.05, 0.1) is 6.54 Å². The lowest BCUT2D eigenvalue weighted by Crippen LogP contribution is -2.26. The van der Waals surface area contributed by atoms with Crippen molar-refractivity contribution in [2.45, 2.75) is 25.3 Å². The number of hydrogen-bond acceptors (Lipinski definition) is 4. The molecule has 0 saturated carbocycles. The molecule has 1 aliphatic rings. The number of carbonyl (C=O) groups excluding carboxylic acids is 1. The van der Waals surface area contributed by atoms with Crippen LogP contribution in [0.2, 0.25) is 0 Å². The zero-order valence-electron chi connectivity index (χ0n) is 14.8. The van der Waals surface area contributed by atoms with Crippen molar-refractivity contribution in [1.29, 1.82) is 0 Å². The lowest BCUT2D eigenvalue weighted by atomic mass is 10.0. The van der Waals surface area contributed by atoms with Gasteiger partial charge < -0.3 is 20.4 Å². The molecular weight excluding hydrogens is 266 g/mol. The van der Waals surface area contributed by atoms with Crippen LogP contribution in [0.1, 0.15) is 22.5 Å². The first-order valence-corrected chi connectivity index (χ1v) is 7.16. The summed E-state index contributed by atoms with van der Waals surface area (Å²) in [6.45, 7) is -1.69. The number of nitrogens with zero attached hydrogens (tertiary/aromatic N) is 1. The van der Waals surface area contributed by atoms with E-state index in [1.54, 1.807) is 17.0 Å². The predicted octanol–water partition coefficient (Wildman–Crippen LogP) is 1.67. The Balaban J connectivity index is 1.91. The van der Waals surface area contributed by atoms with Crippen LogP contribution in [0.3, 0.4) is 0 Å². The van der Waals surface area contributed by atoms with Crippen LogP contribution in [0, 0.1) is 0 Å². The summed E-state index contributed by atoms with van der Waals surface area (Å²) in [7, 11) is 0. The van der Waals surface area contributed by atoms with Crippen LogP contribution in [0.4, 0.5) is 0 Å². The van der Waals surface area contributed by atoms with Crippen molar-refractivity contribution >= 4 is 16.9 Å². The second kappa shape index (κ2) is 5.87. The van der Waals surface area contributed by atoms with Gasteiger partial charge in [0.2, 0.25) is 0 Å². The van der Waals surface area contributed by atoms with Crippen LogP contribution < -0.4 is 10.5 Å². The van der Waals surface area contributed by atoms with Gasteiger partial charge in [-0.1, -0.05) is 6.07 Å². The second-order valence-corrected chi connectivity index (χ2v) is 5.36. The highest BCUT2D eigenvalue weighted by atomic mass is 16.5. The number of carbonyl (C=O) groups is 1. The molecule has 0 unspecified atom stereocenters. The predicted molar refractivity (Wildman–Crippen MR) is 82.3 cm³/mol. The molecule has 21 heavy (non-hydrogen) atoms. The Labute approximate surface area is 128 Å². The number of esters is 1. The van der Waals surface area contributed by atoms with Crippen molar-refractivity contribution in [2.75, 3.05) is 20.1 Å². The van der Waals surface area contributed by atoms with Crippen LogP contribution in [0.15, 0.2) is 24.4 Å². The number of likely N-dealkylation sites (N-methyl/N-ethyl adjacent to an activating group) is 1. The van der Waals surface area contributed by atoms with E-state index in [0.29, 0.717) is 18.7 Å². The molecule has 1 saturated heterocycles. The van der Waals surface area contributed by atoms with Crippen molar-refractivity contribution in [1.82, 2.24) is 9.88 Å². The van der Waals surface area contributed by atoms with Crippen LogP contribution >= 0.6 is 0 Å². The third-order valence-electron chi connectivity index (χ3n) is 3.97. The second-order valence-electron chi connectivity index (χ2n) is 5.36. The summed E-state index contributed by atoms with van der Waals surface area (Å²) in [5.74, 6) is -0.0442.